The van der Waals surface area contributed by atoms with E-state index in [0.29, 0.717) is 0 Å². The lowest BCUT2D eigenvalue weighted by Gasteiger charge is -2.13. The SMILES string of the molecule is CN=C(NCc1ccccc1)NCc1ccc(C)cc1C. The summed E-state index contributed by atoms with van der Waals surface area (Å²) in [6.07, 6.45) is 0. The summed E-state index contributed by atoms with van der Waals surface area (Å²) >= 11 is 0. The Bertz CT molecular complexity index is 603. The van der Waals surface area contributed by atoms with Crippen molar-refractivity contribution in [1.29, 1.82) is 0 Å². The van der Waals surface area contributed by atoms with Gasteiger partial charge in [0.1, 0.15) is 0 Å². The fourth-order valence-corrected chi connectivity index (χ4v) is 2.23. The molecule has 0 radical (unpaired) electrons. The molecule has 0 saturated carbocycles. The molecule has 2 N–H and O–H groups in total. The molecule has 2 aromatic rings. The van der Waals surface area contributed by atoms with Gasteiger partial charge in [-0.1, -0.05) is 54.1 Å². The van der Waals surface area contributed by atoms with Crippen LogP contribution in [0.25, 0.3) is 0 Å². The molecule has 2 aromatic carbocycles. The van der Waals surface area contributed by atoms with Crippen LogP contribution in [0.1, 0.15) is 22.3 Å². The summed E-state index contributed by atoms with van der Waals surface area (Å²) in [5.74, 6) is 0.818. The fraction of sp³-hybridized carbons (Fsp3) is 0.278. The second-order valence-electron chi connectivity index (χ2n) is 5.19. The molecule has 2 rings (SSSR count). The number of nitrogens with zero attached hydrogens (tertiary/aromatic N) is 1. The molecule has 0 saturated heterocycles. The zero-order chi connectivity index (χ0) is 15.1. The van der Waals surface area contributed by atoms with Crippen LogP contribution in [-0.2, 0) is 13.1 Å². The third-order valence-electron chi connectivity index (χ3n) is 3.47. The average molecular weight is 281 g/mol. The average Bonchev–Trinajstić information content (AvgIpc) is 2.50. The summed E-state index contributed by atoms with van der Waals surface area (Å²) in [5.41, 5.74) is 5.14. The highest BCUT2D eigenvalue weighted by atomic mass is 15.2. The quantitative estimate of drug-likeness (QED) is 0.667. The van der Waals surface area contributed by atoms with Crippen LogP contribution in [0.5, 0.6) is 0 Å². The van der Waals surface area contributed by atoms with Gasteiger partial charge in [0.2, 0.25) is 0 Å². The fourth-order valence-electron chi connectivity index (χ4n) is 2.23. The summed E-state index contributed by atoms with van der Waals surface area (Å²) in [4.78, 5) is 4.26. The van der Waals surface area contributed by atoms with Crippen molar-refractivity contribution in [2.75, 3.05) is 7.05 Å². The Morgan fingerprint density at radius 1 is 0.952 bits per heavy atom. The molecular formula is C18H23N3. The Balaban J connectivity index is 1.88. The van der Waals surface area contributed by atoms with Crippen molar-refractivity contribution in [2.24, 2.45) is 4.99 Å². The van der Waals surface area contributed by atoms with Crippen molar-refractivity contribution < 1.29 is 0 Å². The molecule has 0 unspecified atom stereocenters. The van der Waals surface area contributed by atoms with Crippen molar-refractivity contribution in [1.82, 2.24) is 10.6 Å². The lowest BCUT2D eigenvalue weighted by atomic mass is 10.1. The van der Waals surface area contributed by atoms with Gasteiger partial charge >= 0.3 is 0 Å². The highest BCUT2D eigenvalue weighted by Gasteiger charge is 2.01. The van der Waals surface area contributed by atoms with Gasteiger partial charge in [-0.2, -0.15) is 0 Å². The van der Waals surface area contributed by atoms with E-state index in [1.54, 1.807) is 7.05 Å². The van der Waals surface area contributed by atoms with Crippen molar-refractivity contribution >= 4 is 5.96 Å². The largest absolute Gasteiger partial charge is 0.352 e. The van der Waals surface area contributed by atoms with Crippen LogP contribution in [0.3, 0.4) is 0 Å². The Morgan fingerprint density at radius 3 is 2.33 bits per heavy atom. The van der Waals surface area contributed by atoms with Gasteiger partial charge in [0.25, 0.3) is 0 Å². The van der Waals surface area contributed by atoms with E-state index in [2.05, 4.69) is 59.8 Å². The first kappa shape index (κ1) is 15.1. The van der Waals surface area contributed by atoms with Crippen LogP contribution in [0.15, 0.2) is 53.5 Å². The highest BCUT2D eigenvalue weighted by molar-refractivity contribution is 5.79. The van der Waals surface area contributed by atoms with Crippen LogP contribution in [0.4, 0.5) is 0 Å². The van der Waals surface area contributed by atoms with E-state index >= 15 is 0 Å². The van der Waals surface area contributed by atoms with Crippen LogP contribution in [0.2, 0.25) is 0 Å². The molecule has 21 heavy (non-hydrogen) atoms. The minimum absolute atomic E-state index is 0.771. The molecule has 0 aliphatic carbocycles. The Hall–Kier alpha value is -2.29. The monoisotopic (exact) mass is 281 g/mol. The second-order valence-corrected chi connectivity index (χ2v) is 5.19. The van der Waals surface area contributed by atoms with Gasteiger partial charge in [-0.25, -0.2) is 0 Å². The number of hydrogen-bond acceptors (Lipinski definition) is 1. The van der Waals surface area contributed by atoms with Gasteiger partial charge in [-0.05, 0) is 30.5 Å². The van der Waals surface area contributed by atoms with E-state index in [1.165, 1.54) is 22.3 Å². The van der Waals surface area contributed by atoms with Gasteiger partial charge in [0.15, 0.2) is 5.96 Å². The number of aryl methyl sites for hydroxylation is 2. The van der Waals surface area contributed by atoms with Gasteiger partial charge in [0.05, 0.1) is 0 Å². The van der Waals surface area contributed by atoms with Gasteiger partial charge in [-0.3, -0.25) is 4.99 Å². The normalized spacial score (nSPS) is 11.3. The van der Waals surface area contributed by atoms with E-state index in [4.69, 9.17) is 0 Å². The van der Waals surface area contributed by atoms with E-state index in [-0.39, 0.29) is 0 Å². The van der Waals surface area contributed by atoms with Crippen molar-refractivity contribution in [3.63, 3.8) is 0 Å². The van der Waals surface area contributed by atoms with Gasteiger partial charge in [0, 0.05) is 20.1 Å². The molecule has 3 nitrogen and oxygen atoms in total. The molecule has 0 aliphatic rings. The smallest absolute Gasteiger partial charge is 0.191 e. The first-order valence-corrected chi connectivity index (χ1v) is 7.23. The molecular weight excluding hydrogens is 258 g/mol. The standard InChI is InChI=1S/C18H23N3/c1-14-9-10-17(15(2)11-14)13-21-18(19-3)20-12-16-7-5-4-6-8-16/h4-11H,12-13H2,1-3H3,(H2,19,20,21). The van der Waals surface area contributed by atoms with Crippen LogP contribution >= 0.6 is 0 Å². The highest BCUT2D eigenvalue weighted by Crippen LogP contribution is 2.09. The number of hydrogen-bond donors (Lipinski definition) is 2. The Labute approximate surface area is 127 Å². The first-order chi connectivity index (χ1) is 10.2. The summed E-state index contributed by atoms with van der Waals surface area (Å²) in [7, 11) is 1.79. The maximum atomic E-state index is 4.26. The zero-order valence-electron chi connectivity index (χ0n) is 13.0. The van der Waals surface area contributed by atoms with Crippen LogP contribution in [0, 0.1) is 13.8 Å². The predicted molar refractivity (Wildman–Crippen MR) is 89.4 cm³/mol. The summed E-state index contributed by atoms with van der Waals surface area (Å²) in [6, 6.07) is 16.8. The molecule has 0 atom stereocenters. The molecule has 110 valence electrons. The molecule has 0 aromatic heterocycles. The minimum Gasteiger partial charge on any atom is -0.352 e. The van der Waals surface area contributed by atoms with Crippen molar-refractivity contribution in [3.8, 4) is 0 Å². The lowest BCUT2D eigenvalue weighted by Crippen LogP contribution is -2.36. The van der Waals surface area contributed by atoms with E-state index in [0.717, 1.165) is 19.0 Å². The third kappa shape index (κ3) is 4.63. The summed E-state index contributed by atoms with van der Waals surface area (Å²) < 4.78 is 0. The topological polar surface area (TPSA) is 36.4 Å². The number of nitrogens with one attached hydrogen (secondary N) is 2. The predicted octanol–water partition coefficient (Wildman–Crippen LogP) is 3.17. The summed E-state index contributed by atoms with van der Waals surface area (Å²) in [5, 5.41) is 6.68. The van der Waals surface area contributed by atoms with E-state index in [1.807, 2.05) is 18.2 Å². The van der Waals surface area contributed by atoms with Crippen LogP contribution < -0.4 is 10.6 Å². The molecule has 0 heterocycles. The zero-order valence-corrected chi connectivity index (χ0v) is 13.0. The molecule has 0 amide bonds. The van der Waals surface area contributed by atoms with Crippen molar-refractivity contribution in [3.05, 3.63) is 70.8 Å². The van der Waals surface area contributed by atoms with Gasteiger partial charge in [-0.15, -0.1) is 0 Å². The molecule has 3 heteroatoms. The molecule has 0 fully saturated rings. The number of aliphatic imine (C=N–C) groups is 1. The maximum absolute atomic E-state index is 4.26. The van der Waals surface area contributed by atoms with E-state index < -0.39 is 0 Å². The third-order valence-corrected chi connectivity index (χ3v) is 3.47. The molecule has 0 bridgehead atoms. The number of rotatable bonds is 4. The van der Waals surface area contributed by atoms with Crippen LogP contribution in [-0.4, -0.2) is 13.0 Å². The second kappa shape index (κ2) is 7.48. The summed E-state index contributed by atoms with van der Waals surface area (Å²) in [6.45, 7) is 5.81. The first-order valence-electron chi connectivity index (χ1n) is 7.23. The van der Waals surface area contributed by atoms with E-state index in [9.17, 15) is 0 Å². The number of benzene rings is 2. The minimum atomic E-state index is 0.771. The van der Waals surface area contributed by atoms with Crippen molar-refractivity contribution in [2.45, 2.75) is 26.9 Å². The lowest BCUT2D eigenvalue weighted by molar-refractivity contribution is 0.806. The molecule has 0 spiro atoms. The maximum Gasteiger partial charge on any atom is 0.191 e. The Kier molecular flexibility index (Phi) is 5.38. The molecule has 0 aliphatic heterocycles. The van der Waals surface area contributed by atoms with Gasteiger partial charge < -0.3 is 10.6 Å². The number of guanidine groups is 1. The Morgan fingerprint density at radius 2 is 1.67 bits per heavy atom.